The van der Waals surface area contributed by atoms with E-state index in [1.807, 2.05) is 18.5 Å². The summed E-state index contributed by atoms with van der Waals surface area (Å²) in [5.41, 5.74) is 0. The van der Waals surface area contributed by atoms with Gasteiger partial charge in [0.1, 0.15) is 12.2 Å². The molecular weight excluding hydrogens is 278 g/mol. The minimum Gasteiger partial charge on any atom is -0.346 e. The Labute approximate surface area is 133 Å². The van der Waals surface area contributed by atoms with Crippen molar-refractivity contribution in [1.29, 1.82) is 0 Å². The lowest BCUT2D eigenvalue weighted by Gasteiger charge is -2.24. The van der Waals surface area contributed by atoms with E-state index >= 15 is 0 Å². The van der Waals surface area contributed by atoms with Crippen molar-refractivity contribution in [3.05, 3.63) is 12.2 Å². The van der Waals surface area contributed by atoms with Crippen LogP contribution in [0.5, 0.6) is 0 Å². The molecule has 1 aromatic heterocycles. The number of aryl methyl sites for hydroxylation is 1. The predicted molar refractivity (Wildman–Crippen MR) is 86.4 cm³/mol. The molecule has 6 nitrogen and oxygen atoms in total. The smallest absolute Gasteiger partial charge is 0.221 e. The Bertz CT molecular complexity index is 451. The van der Waals surface area contributed by atoms with E-state index in [4.69, 9.17) is 0 Å². The van der Waals surface area contributed by atoms with E-state index in [9.17, 15) is 4.79 Å². The van der Waals surface area contributed by atoms with Crippen LogP contribution in [0.15, 0.2) is 6.33 Å². The van der Waals surface area contributed by atoms with Crippen LogP contribution in [0.25, 0.3) is 0 Å². The summed E-state index contributed by atoms with van der Waals surface area (Å²) in [5, 5.41) is 7.18. The number of hydrogen-bond donors (Lipinski definition) is 1. The van der Waals surface area contributed by atoms with Gasteiger partial charge in [-0.2, -0.15) is 5.10 Å². The van der Waals surface area contributed by atoms with Crippen LogP contribution in [-0.2, 0) is 11.3 Å². The van der Waals surface area contributed by atoms with Gasteiger partial charge in [0, 0.05) is 19.5 Å². The molecule has 0 spiro atoms. The Morgan fingerprint density at radius 3 is 2.64 bits per heavy atom. The highest BCUT2D eigenvalue weighted by Crippen LogP contribution is 2.11. The molecule has 1 fully saturated rings. The van der Waals surface area contributed by atoms with E-state index in [1.54, 1.807) is 6.33 Å². The number of amides is 1. The highest BCUT2D eigenvalue weighted by molar-refractivity contribution is 5.76. The average molecular weight is 307 g/mol. The highest BCUT2D eigenvalue weighted by Gasteiger charge is 2.16. The van der Waals surface area contributed by atoms with Gasteiger partial charge in [-0.15, -0.1) is 0 Å². The largest absolute Gasteiger partial charge is 0.346 e. The molecule has 1 amide bonds. The quantitative estimate of drug-likeness (QED) is 0.874. The Balaban J connectivity index is 1.75. The average Bonchev–Trinajstić information content (AvgIpc) is 2.94. The maximum atomic E-state index is 12.1. The van der Waals surface area contributed by atoms with Gasteiger partial charge in [0.25, 0.3) is 0 Å². The molecule has 1 aliphatic rings. The molecule has 1 atom stereocenters. The van der Waals surface area contributed by atoms with Crippen LogP contribution in [0.4, 0.5) is 0 Å². The first-order valence-electron chi connectivity index (χ1n) is 8.60. The van der Waals surface area contributed by atoms with E-state index in [2.05, 4.69) is 20.3 Å². The number of nitrogens with one attached hydrogen (secondary N) is 1. The number of likely N-dealkylation sites (tertiary alicyclic amines) is 1. The number of aromatic nitrogens is 3. The van der Waals surface area contributed by atoms with Gasteiger partial charge in [-0.05, 0) is 39.8 Å². The molecular formula is C16H29N5O. The third-order valence-corrected chi connectivity index (χ3v) is 4.31. The molecule has 0 aromatic carbocycles. The number of carbonyl (C=O) groups excluding carboxylic acids is 1. The Morgan fingerprint density at radius 1 is 1.27 bits per heavy atom. The van der Waals surface area contributed by atoms with Gasteiger partial charge in [0.2, 0.25) is 5.91 Å². The molecule has 0 saturated carbocycles. The second-order valence-electron chi connectivity index (χ2n) is 6.08. The molecule has 0 aliphatic carbocycles. The van der Waals surface area contributed by atoms with Crippen LogP contribution < -0.4 is 5.32 Å². The first kappa shape index (κ1) is 16.9. The lowest BCUT2D eigenvalue weighted by molar-refractivity contribution is -0.122. The van der Waals surface area contributed by atoms with Crippen molar-refractivity contribution < 1.29 is 4.79 Å². The fraction of sp³-hybridized carbons (Fsp3) is 0.812. The normalized spacial score (nSPS) is 18.5. The maximum Gasteiger partial charge on any atom is 0.221 e. The second-order valence-corrected chi connectivity index (χ2v) is 6.08. The molecule has 1 N–H and O–H groups in total. The zero-order valence-corrected chi connectivity index (χ0v) is 13.9. The molecule has 1 aromatic rings. The van der Waals surface area contributed by atoms with Gasteiger partial charge in [-0.3, -0.25) is 4.79 Å². The van der Waals surface area contributed by atoms with Gasteiger partial charge >= 0.3 is 0 Å². The summed E-state index contributed by atoms with van der Waals surface area (Å²) in [6.45, 7) is 7.88. The first-order chi connectivity index (χ1) is 10.7. The van der Waals surface area contributed by atoms with E-state index < -0.39 is 0 Å². The summed E-state index contributed by atoms with van der Waals surface area (Å²) in [5.74, 6) is 0.919. The third-order valence-electron chi connectivity index (χ3n) is 4.31. The standard InChI is InChI=1S/C16H29N5O/c1-3-21-16(17-13-18-21)14(2)19-15(22)9-12-20-10-7-5-4-6-8-11-20/h13-14H,3-12H2,1-2H3,(H,19,22)/t14-/m0/s1. The monoisotopic (exact) mass is 307 g/mol. The van der Waals surface area contributed by atoms with Gasteiger partial charge in [0.05, 0.1) is 6.04 Å². The Kier molecular flexibility index (Phi) is 6.83. The van der Waals surface area contributed by atoms with Gasteiger partial charge in [-0.1, -0.05) is 19.3 Å². The van der Waals surface area contributed by atoms with Crippen LogP contribution in [0.2, 0.25) is 0 Å². The maximum absolute atomic E-state index is 12.1. The van der Waals surface area contributed by atoms with Crippen molar-refractivity contribution in [1.82, 2.24) is 25.0 Å². The minimum absolute atomic E-state index is 0.0951. The zero-order valence-electron chi connectivity index (χ0n) is 13.9. The summed E-state index contributed by atoms with van der Waals surface area (Å²) < 4.78 is 1.82. The molecule has 1 saturated heterocycles. The van der Waals surface area contributed by atoms with E-state index in [0.29, 0.717) is 6.42 Å². The molecule has 124 valence electrons. The molecule has 2 rings (SSSR count). The van der Waals surface area contributed by atoms with Crippen molar-refractivity contribution >= 4 is 5.91 Å². The van der Waals surface area contributed by atoms with Crippen LogP contribution in [0, 0.1) is 0 Å². The van der Waals surface area contributed by atoms with Crippen molar-refractivity contribution in [2.24, 2.45) is 0 Å². The van der Waals surface area contributed by atoms with Crippen LogP contribution in [0.3, 0.4) is 0 Å². The van der Waals surface area contributed by atoms with Crippen LogP contribution in [0.1, 0.15) is 64.2 Å². The van der Waals surface area contributed by atoms with Gasteiger partial charge < -0.3 is 10.2 Å². The highest BCUT2D eigenvalue weighted by atomic mass is 16.1. The molecule has 0 unspecified atom stereocenters. The molecule has 2 heterocycles. The predicted octanol–water partition coefficient (Wildman–Crippen LogP) is 2.13. The molecule has 22 heavy (non-hydrogen) atoms. The summed E-state index contributed by atoms with van der Waals surface area (Å²) in [7, 11) is 0. The summed E-state index contributed by atoms with van der Waals surface area (Å²) >= 11 is 0. The first-order valence-corrected chi connectivity index (χ1v) is 8.60. The van der Waals surface area contributed by atoms with Gasteiger partial charge in [0.15, 0.2) is 0 Å². The van der Waals surface area contributed by atoms with Crippen LogP contribution >= 0.6 is 0 Å². The molecule has 0 radical (unpaired) electrons. The number of hydrogen-bond acceptors (Lipinski definition) is 4. The van der Waals surface area contributed by atoms with Crippen LogP contribution in [-0.4, -0.2) is 45.2 Å². The zero-order chi connectivity index (χ0) is 15.8. The van der Waals surface area contributed by atoms with E-state index in [-0.39, 0.29) is 11.9 Å². The molecule has 6 heteroatoms. The van der Waals surface area contributed by atoms with Crippen molar-refractivity contribution in [3.8, 4) is 0 Å². The Morgan fingerprint density at radius 2 is 1.95 bits per heavy atom. The fourth-order valence-electron chi connectivity index (χ4n) is 3.03. The topological polar surface area (TPSA) is 63.1 Å². The third kappa shape index (κ3) is 5.09. The lowest BCUT2D eigenvalue weighted by atomic mass is 10.1. The lowest BCUT2D eigenvalue weighted by Crippen LogP contribution is -2.34. The number of rotatable bonds is 6. The van der Waals surface area contributed by atoms with E-state index in [0.717, 1.165) is 32.0 Å². The van der Waals surface area contributed by atoms with Crippen molar-refractivity contribution in [3.63, 3.8) is 0 Å². The summed E-state index contributed by atoms with van der Waals surface area (Å²) in [6.07, 6.45) is 8.64. The molecule has 1 aliphatic heterocycles. The fourth-order valence-corrected chi connectivity index (χ4v) is 3.03. The minimum atomic E-state index is -0.0951. The number of carbonyl (C=O) groups is 1. The van der Waals surface area contributed by atoms with Gasteiger partial charge in [-0.25, -0.2) is 9.67 Å². The summed E-state index contributed by atoms with van der Waals surface area (Å²) in [4.78, 5) is 18.8. The number of nitrogens with zero attached hydrogens (tertiary/aromatic N) is 4. The summed E-state index contributed by atoms with van der Waals surface area (Å²) in [6, 6.07) is -0.0951. The Hall–Kier alpha value is -1.43. The van der Waals surface area contributed by atoms with Crippen molar-refractivity contribution in [2.45, 2.75) is 65.0 Å². The van der Waals surface area contributed by atoms with Crippen molar-refractivity contribution in [2.75, 3.05) is 19.6 Å². The second kappa shape index (κ2) is 8.88. The molecule has 0 bridgehead atoms. The van der Waals surface area contributed by atoms with E-state index in [1.165, 1.54) is 32.1 Å². The SMILES string of the molecule is CCn1ncnc1[C@H](C)NC(=O)CCN1CCCCCCC1.